The first-order chi connectivity index (χ1) is 12.5. The molecule has 4 rings (SSSR count). The van der Waals surface area contributed by atoms with Gasteiger partial charge in [-0.3, -0.25) is 19.8 Å². The number of anilines is 1. The highest BCUT2D eigenvalue weighted by Gasteiger charge is 2.48. The summed E-state index contributed by atoms with van der Waals surface area (Å²) in [6.07, 6.45) is 4.82. The van der Waals surface area contributed by atoms with Gasteiger partial charge in [0.05, 0.1) is 17.3 Å². The van der Waals surface area contributed by atoms with Crippen LogP contribution in [0.1, 0.15) is 40.0 Å². The molecule has 1 aromatic carbocycles. The van der Waals surface area contributed by atoms with Gasteiger partial charge in [0.25, 0.3) is 5.91 Å². The van der Waals surface area contributed by atoms with Crippen molar-refractivity contribution in [1.82, 2.24) is 10.5 Å². The lowest BCUT2D eigenvalue weighted by Crippen LogP contribution is -2.38. The van der Waals surface area contributed by atoms with Gasteiger partial charge in [0, 0.05) is 17.8 Å². The highest BCUT2D eigenvalue weighted by atomic mass is 16.5. The predicted octanol–water partition coefficient (Wildman–Crippen LogP) is 2.42. The van der Waals surface area contributed by atoms with Gasteiger partial charge in [0.2, 0.25) is 5.91 Å². The molecule has 1 aliphatic carbocycles. The monoisotopic (exact) mass is 351 g/mol. The van der Waals surface area contributed by atoms with E-state index in [4.69, 9.17) is 5.21 Å². The third-order valence-electron chi connectivity index (χ3n) is 5.69. The Labute approximate surface area is 151 Å². The summed E-state index contributed by atoms with van der Waals surface area (Å²) in [6.45, 7) is 2.64. The van der Waals surface area contributed by atoms with Crippen LogP contribution in [-0.2, 0) is 17.6 Å². The average molecular weight is 351 g/mol. The van der Waals surface area contributed by atoms with Crippen molar-refractivity contribution < 1.29 is 14.8 Å². The zero-order valence-electron chi connectivity index (χ0n) is 14.7. The van der Waals surface area contributed by atoms with Gasteiger partial charge in [-0.05, 0) is 68.0 Å². The van der Waals surface area contributed by atoms with Gasteiger partial charge in [-0.2, -0.15) is 0 Å². The Kier molecular flexibility index (Phi) is 4.00. The number of pyridine rings is 1. The van der Waals surface area contributed by atoms with Crippen LogP contribution in [0.2, 0.25) is 0 Å². The first kappa shape index (κ1) is 16.7. The van der Waals surface area contributed by atoms with Crippen LogP contribution in [0.15, 0.2) is 36.5 Å². The minimum absolute atomic E-state index is 0.172. The second-order valence-electron chi connectivity index (χ2n) is 7.25. The second-order valence-corrected chi connectivity index (χ2v) is 7.25. The molecule has 0 unspecified atom stereocenters. The number of aromatic nitrogens is 1. The van der Waals surface area contributed by atoms with Crippen molar-refractivity contribution in [3.63, 3.8) is 0 Å². The van der Waals surface area contributed by atoms with Crippen molar-refractivity contribution in [1.29, 1.82) is 0 Å². The van der Waals surface area contributed by atoms with Gasteiger partial charge in [0.1, 0.15) is 0 Å². The molecule has 0 radical (unpaired) electrons. The van der Waals surface area contributed by atoms with Crippen LogP contribution < -0.4 is 10.4 Å². The Morgan fingerprint density at radius 3 is 2.81 bits per heavy atom. The number of nitrogens with one attached hydrogen (secondary N) is 1. The summed E-state index contributed by atoms with van der Waals surface area (Å²) in [5.41, 5.74) is 5.73. The molecule has 6 heteroatoms. The second kappa shape index (κ2) is 6.21. The third-order valence-corrected chi connectivity index (χ3v) is 5.69. The molecular weight excluding hydrogens is 330 g/mol. The minimum atomic E-state index is -0.511. The molecule has 2 aliphatic rings. The van der Waals surface area contributed by atoms with Gasteiger partial charge < -0.3 is 4.90 Å². The zero-order chi connectivity index (χ0) is 18.3. The summed E-state index contributed by atoms with van der Waals surface area (Å²) in [4.78, 5) is 31.0. The Morgan fingerprint density at radius 2 is 2.08 bits per heavy atom. The Hall–Kier alpha value is -2.73. The van der Waals surface area contributed by atoms with E-state index in [0.717, 1.165) is 41.8 Å². The lowest BCUT2D eigenvalue weighted by atomic mass is 9.70. The number of fused-ring (bicyclic) bond motifs is 1. The van der Waals surface area contributed by atoms with E-state index < -0.39 is 5.91 Å². The molecule has 1 aromatic heterocycles. The summed E-state index contributed by atoms with van der Waals surface area (Å²) in [6, 6.07) is 9.30. The standard InChI is InChI=1S/C20H21N3O3/c1-13-2-5-17(12-21-13)23-9-8-20(19(23)25)7-6-14-10-15(18(24)22-26)3-4-16(14)11-20/h2-5,10,12,26H,6-9,11H2,1H3,(H,22,24)/t20-/m0/s1. The number of carbonyl (C=O) groups excluding carboxylic acids is 2. The number of benzene rings is 1. The molecule has 1 spiro atoms. The SMILES string of the molecule is Cc1ccc(N2CC[C@]3(CCc4cc(C(=O)NO)ccc4C3)C2=O)cn1. The largest absolute Gasteiger partial charge is 0.310 e. The lowest BCUT2D eigenvalue weighted by Gasteiger charge is -2.33. The smallest absolute Gasteiger partial charge is 0.274 e. The first-order valence-electron chi connectivity index (χ1n) is 8.83. The third kappa shape index (κ3) is 2.66. The number of hydroxylamine groups is 1. The van der Waals surface area contributed by atoms with Crippen LogP contribution in [0.4, 0.5) is 5.69 Å². The van der Waals surface area contributed by atoms with E-state index in [0.29, 0.717) is 18.5 Å². The highest BCUT2D eigenvalue weighted by Crippen LogP contribution is 2.45. The van der Waals surface area contributed by atoms with Crippen LogP contribution in [0.25, 0.3) is 0 Å². The number of aryl methyl sites for hydroxylation is 2. The molecular formula is C20H21N3O3. The molecule has 134 valence electrons. The fraction of sp³-hybridized carbons (Fsp3) is 0.350. The molecule has 6 nitrogen and oxygen atoms in total. The molecule has 2 N–H and O–H groups in total. The minimum Gasteiger partial charge on any atom is -0.310 e. The fourth-order valence-corrected chi connectivity index (χ4v) is 4.15. The quantitative estimate of drug-likeness (QED) is 0.643. The topological polar surface area (TPSA) is 82.5 Å². The predicted molar refractivity (Wildman–Crippen MR) is 96.1 cm³/mol. The van der Waals surface area contributed by atoms with E-state index in [9.17, 15) is 9.59 Å². The van der Waals surface area contributed by atoms with Gasteiger partial charge in [-0.1, -0.05) is 6.07 Å². The van der Waals surface area contributed by atoms with E-state index in [1.165, 1.54) is 0 Å². The van der Waals surface area contributed by atoms with Crippen LogP contribution in [0.5, 0.6) is 0 Å². The van der Waals surface area contributed by atoms with E-state index in [-0.39, 0.29) is 11.3 Å². The molecule has 2 aromatic rings. The molecule has 0 bridgehead atoms. The lowest BCUT2D eigenvalue weighted by molar-refractivity contribution is -0.126. The molecule has 2 heterocycles. The number of carbonyl (C=O) groups is 2. The summed E-state index contributed by atoms with van der Waals surface area (Å²) in [5.74, 6) is -0.339. The van der Waals surface area contributed by atoms with Crippen molar-refractivity contribution in [2.75, 3.05) is 11.4 Å². The molecule has 1 fully saturated rings. The Bertz CT molecular complexity index is 878. The number of nitrogens with zero attached hydrogens (tertiary/aromatic N) is 2. The molecule has 1 saturated heterocycles. The Morgan fingerprint density at radius 1 is 1.23 bits per heavy atom. The average Bonchev–Trinajstić information content (AvgIpc) is 2.97. The van der Waals surface area contributed by atoms with Gasteiger partial charge in [-0.15, -0.1) is 0 Å². The fourth-order valence-electron chi connectivity index (χ4n) is 4.15. The number of amides is 2. The Balaban J connectivity index is 1.59. The maximum Gasteiger partial charge on any atom is 0.274 e. The zero-order valence-corrected chi connectivity index (χ0v) is 14.7. The van der Waals surface area contributed by atoms with Crippen LogP contribution >= 0.6 is 0 Å². The van der Waals surface area contributed by atoms with E-state index in [1.54, 1.807) is 17.7 Å². The molecule has 2 amide bonds. The molecule has 26 heavy (non-hydrogen) atoms. The molecule has 1 aliphatic heterocycles. The summed E-state index contributed by atoms with van der Waals surface area (Å²) in [7, 11) is 0. The maximum absolute atomic E-state index is 13.2. The summed E-state index contributed by atoms with van der Waals surface area (Å²) in [5, 5.41) is 8.79. The molecule has 0 saturated carbocycles. The summed E-state index contributed by atoms with van der Waals surface area (Å²) < 4.78 is 0. The summed E-state index contributed by atoms with van der Waals surface area (Å²) >= 11 is 0. The van der Waals surface area contributed by atoms with E-state index in [2.05, 4.69) is 4.98 Å². The van der Waals surface area contributed by atoms with Crippen molar-refractivity contribution in [3.8, 4) is 0 Å². The van der Waals surface area contributed by atoms with Gasteiger partial charge in [0.15, 0.2) is 0 Å². The molecule has 1 atom stereocenters. The van der Waals surface area contributed by atoms with Crippen LogP contribution in [0.3, 0.4) is 0 Å². The van der Waals surface area contributed by atoms with Gasteiger partial charge in [-0.25, -0.2) is 5.48 Å². The van der Waals surface area contributed by atoms with E-state index >= 15 is 0 Å². The van der Waals surface area contributed by atoms with Crippen molar-refractivity contribution in [3.05, 3.63) is 58.9 Å². The van der Waals surface area contributed by atoms with E-state index in [1.807, 2.05) is 36.1 Å². The normalized spacial score (nSPS) is 21.8. The van der Waals surface area contributed by atoms with Gasteiger partial charge >= 0.3 is 0 Å². The van der Waals surface area contributed by atoms with Crippen molar-refractivity contribution >= 4 is 17.5 Å². The van der Waals surface area contributed by atoms with Crippen LogP contribution in [0, 0.1) is 12.3 Å². The number of hydrogen-bond acceptors (Lipinski definition) is 4. The number of rotatable bonds is 2. The maximum atomic E-state index is 13.2. The number of hydrogen-bond donors (Lipinski definition) is 2. The van der Waals surface area contributed by atoms with Crippen LogP contribution in [-0.4, -0.2) is 28.6 Å². The van der Waals surface area contributed by atoms with Crippen molar-refractivity contribution in [2.24, 2.45) is 5.41 Å². The van der Waals surface area contributed by atoms with Crippen molar-refractivity contribution in [2.45, 2.75) is 32.6 Å². The first-order valence-corrected chi connectivity index (χ1v) is 8.83. The highest BCUT2D eigenvalue weighted by molar-refractivity contribution is 6.00.